The fourth-order valence-electron chi connectivity index (χ4n) is 6.17. The van der Waals surface area contributed by atoms with Gasteiger partial charge in [0.1, 0.15) is 34.4 Å². The quantitative estimate of drug-likeness (QED) is 0.251. The number of piperidine rings is 1. The van der Waals surface area contributed by atoms with E-state index in [0.717, 1.165) is 63.6 Å². The van der Waals surface area contributed by atoms with Gasteiger partial charge in [0.15, 0.2) is 0 Å². The Morgan fingerprint density at radius 1 is 0.891 bits per heavy atom. The number of hydrogen-bond acceptors (Lipinski definition) is 8. The molecule has 2 saturated heterocycles. The van der Waals surface area contributed by atoms with E-state index in [1.807, 2.05) is 6.07 Å². The van der Waals surface area contributed by atoms with Crippen molar-refractivity contribution in [3.8, 4) is 11.5 Å². The lowest BCUT2D eigenvalue weighted by molar-refractivity contribution is -0.131. The molecule has 0 spiro atoms. The van der Waals surface area contributed by atoms with Crippen LogP contribution in [0.4, 0.5) is 26.0 Å². The monoisotopic (exact) mass is 628 g/mol. The van der Waals surface area contributed by atoms with Crippen molar-refractivity contribution in [1.29, 1.82) is 0 Å². The van der Waals surface area contributed by atoms with Crippen LogP contribution < -0.4 is 20.3 Å². The van der Waals surface area contributed by atoms with E-state index in [4.69, 9.17) is 14.5 Å². The minimum atomic E-state index is -1.31. The average molecular weight is 629 g/mol. The molecule has 0 bridgehead atoms. The van der Waals surface area contributed by atoms with E-state index in [1.54, 1.807) is 24.5 Å². The zero-order chi connectivity index (χ0) is 31.7. The van der Waals surface area contributed by atoms with Crippen LogP contribution in [-0.2, 0) is 14.3 Å². The van der Waals surface area contributed by atoms with E-state index in [1.165, 1.54) is 36.4 Å². The van der Waals surface area contributed by atoms with Crippen LogP contribution in [0.1, 0.15) is 25.7 Å². The first-order chi connectivity index (χ1) is 22.4. The number of aromatic nitrogens is 2. The second kappa shape index (κ2) is 12.6. The highest BCUT2D eigenvalue weighted by Crippen LogP contribution is 2.47. The molecule has 4 heterocycles. The Morgan fingerprint density at radius 3 is 2.35 bits per heavy atom. The summed E-state index contributed by atoms with van der Waals surface area (Å²) in [5.74, 6) is -0.701. The minimum Gasteiger partial charge on any atom is -0.456 e. The van der Waals surface area contributed by atoms with Gasteiger partial charge in [-0.15, -0.1) is 0 Å². The minimum absolute atomic E-state index is 0.0681. The fourth-order valence-corrected chi connectivity index (χ4v) is 6.17. The summed E-state index contributed by atoms with van der Waals surface area (Å²) in [5.41, 5.74) is -0.286. The van der Waals surface area contributed by atoms with Gasteiger partial charge in [0, 0.05) is 62.4 Å². The van der Waals surface area contributed by atoms with E-state index in [9.17, 15) is 14.0 Å². The number of anilines is 3. The number of nitrogens with zero attached hydrogens (tertiary/aromatic N) is 4. The Bertz CT molecular complexity index is 1750. The highest BCUT2D eigenvalue weighted by molar-refractivity contribution is 6.17. The first-order valence-corrected chi connectivity index (χ1v) is 15.6. The Hall–Kier alpha value is -4.68. The van der Waals surface area contributed by atoms with Gasteiger partial charge in [-0.3, -0.25) is 19.5 Å². The zero-order valence-electron chi connectivity index (χ0n) is 25.2. The molecule has 12 heteroatoms. The molecule has 2 aliphatic heterocycles. The van der Waals surface area contributed by atoms with Gasteiger partial charge >= 0.3 is 0 Å². The van der Waals surface area contributed by atoms with Crippen LogP contribution in [0.2, 0.25) is 0 Å². The molecule has 7 rings (SSSR count). The molecule has 2 N–H and O–H groups in total. The predicted molar refractivity (Wildman–Crippen MR) is 169 cm³/mol. The maximum Gasteiger partial charge on any atom is 0.240 e. The van der Waals surface area contributed by atoms with Crippen LogP contribution in [0.15, 0.2) is 67.0 Å². The summed E-state index contributed by atoms with van der Waals surface area (Å²) in [6.07, 6.45) is 6.17. The van der Waals surface area contributed by atoms with Crippen LogP contribution >= 0.6 is 0 Å². The van der Waals surface area contributed by atoms with Crippen molar-refractivity contribution in [3.63, 3.8) is 0 Å². The third kappa shape index (κ3) is 6.22. The first kappa shape index (κ1) is 30.0. The van der Waals surface area contributed by atoms with Crippen LogP contribution in [0.3, 0.4) is 0 Å². The second-order valence-electron chi connectivity index (χ2n) is 12.0. The van der Waals surface area contributed by atoms with Crippen molar-refractivity contribution in [1.82, 2.24) is 14.9 Å². The molecule has 238 valence electrons. The van der Waals surface area contributed by atoms with Crippen LogP contribution in [0, 0.1) is 17.0 Å². The summed E-state index contributed by atoms with van der Waals surface area (Å²) in [6.45, 7) is 5.42. The number of fused-ring (bicyclic) bond motifs is 1. The number of amides is 2. The van der Waals surface area contributed by atoms with Crippen molar-refractivity contribution < 1.29 is 27.8 Å². The van der Waals surface area contributed by atoms with Crippen molar-refractivity contribution in [2.24, 2.45) is 5.41 Å². The number of benzene rings is 2. The van der Waals surface area contributed by atoms with Crippen LogP contribution in [-0.4, -0.2) is 72.1 Å². The number of carbonyl (C=O) groups is 2. The fraction of sp³-hybridized carbons (Fsp3) is 0.353. The predicted octanol–water partition coefficient (Wildman–Crippen LogP) is 5.36. The number of ether oxygens (including phenoxy) is 2. The first-order valence-electron chi connectivity index (χ1n) is 15.6. The largest absolute Gasteiger partial charge is 0.456 e. The number of rotatable bonds is 8. The van der Waals surface area contributed by atoms with Gasteiger partial charge in [-0.25, -0.2) is 13.8 Å². The molecule has 0 atom stereocenters. The van der Waals surface area contributed by atoms with Gasteiger partial charge in [0.25, 0.3) is 0 Å². The van der Waals surface area contributed by atoms with E-state index in [0.29, 0.717) is 35.7 Å². The second-order valence-corrected chi connectivity index (χ2v) is 12.0. The molecule has 0 radical (unpaired) electrons. The van der Waals surface area contributed by atoms with Crippen molar-refractivity contribution in [2.45, 2.75) is 31.7 Å². The Kier molecular flexibility index (Phi) is 8.22. The Labute approximate surface area is 264 Å². The highest BCUT2D eigenvalue weighted by atomic mass is 19.1. The van der Waals surface area contributed by atoms with Crippen LogP contribution in [0.5, 0.6) is 11.5 Å². The smallest absolute Gasteiger partial charge is 0.240 e. The van der Waals surface area contributed by atoms with Crippen molar-refractivity contribution in [3.05, 3.63) is 78.6 Å². The third-order valence-electron chi connectivity index (χ3n) is 9.06. The maximum atomic E-state index is 15.2. The molecule has 1 aliphatic carbocycles. The Morgan fingerprint density at radius 2 is 1.63 bits per heavy atom. The SMILES string of the molecule is O=C(Nc1ccc(F)cc1)C1(C(=O)Nc2ccc(Oc3ccnc4cc(N5CCC(N6CCOCC6)CC5)ncc34)cc2F)CC1. The molecule has 2 aromatic heterocycles. The normalized spacial score (nSPS) is 18.3. The number of carbonyl (C=O) groups excluding carboxylic acids is 2. The van der Waals surface area contributed by atoms with Crippen LogP contribution in [0.25, 0.3) is 10.9 Å². The number of nitrogens with one attached hydrogen (secondary N) is 2. The summed E-state index contributed by atoms with van der Waals surface area (Å²) in [5, 5.41) is 5.88. The van der Waals surface area contributed by atoms with E-state index < -0.39 is 28.9 Å². The summed E-state index contributed by atoms with van der Waals surface area (Å²) in [6, 6.07) is 13.6. The van der Waals surface area contributed by atoms with Gasteiger partial charge in [0.05, 0.1) is 29.8 Å². The molecule has 2 aromatic carbocycles. The van der Waals surface area contributed by atoms with Gasteiger partial charge in [0.2, 0.25) is 11.8 Å². The average Bonchev–Trinajstić information content (AvgIpc) is 3.90. The number of hydrogen-bond donors (Lipinski definition) is 2. The highest BCUT2D eigenvalue weighted by Gasteiger charge is 2.56. The molecule has 10 nitrogen and oxygen atoms in total. The van der Waals surface area contributed by atoms with E-state index in [-0.39, 0.29) is 11.4 Å². The summed E-state index contributed by atoms with van der Waals surface area (Å²) < 4.78 is 39.9. The van der Waals surface area contributed by atoms with Gasteiger partial charge in [-0.1, -0.05) is 0 Å². The van der Waals surface area contributed by atoms with Gasteiger partial charge in [-0.05, 0) is 68.1 Å². The standard InChI is InChI=1S/C34H34F2N6O4/c35-22-1-3-23(4-2-22)39-32(43)34(10-11-34)33(44)40-28-6-5-25(19-27(28)36)46-30-7-12-37-29-20-31(38-21-26(29)30)42-13-8-24(9-14-42)41-15-17-45-18-16-41/h1-7,12,19-21,24H,8-11,13-18H2,(H,39,43)(H,40,44). The molecular weight excluding hydrogens is 594 g/mol. The number of morpholine rings is 1. The number of pyridine rings is 2. The summed E-state index contributed by atoms with van der Waals surface area (Å²) >= 11 is 0. The van der Waals surface area contributed by atoms with E-state index in [2.05, 4.69) is 25.4 Å². The zero-order valence-corrected chi connectivity index (χ0v) is 25.2. The van der Waals surface area contributed by atoms with E-state index >= 15 is 4.39 Å². The molecule has 4 aromatic rings. The Balaban J connectivity index is 0.990. The molecule has 3 aliphatic rings. The van der Waals surface area contributed by atoms with Crippen molar-refractivity contribution >= 4 is 39.9 Å². The molecule has 3 fully saturated rings. The van der Waals surface area contributed by atoms with Gasteiger partial charge < -0.3 is 25.0 Å². The van der Waals surface area contributed by atoms with Gasteiger partial charge in [-0.2, -0.15) is 0 Å². The maximum absolute atomic E-state index is 15.2. The summed E-state index contributed by atoms with van der Waals surface area (Å²) in [7, 11) is 0. The molecule has 46 heavy (non-hydrogen) atoms. The molecule has 0 unspecified atom stereocenters. The topological polar surface area (TPSA) is 109 Å². The lowest BCUT2D eigenvalue weighted by atomic mass is 10.0. The number of halogens is 2. The molecule has 2 amide bonds. The summed E-state index contributed by atoms with van der Waals surface area (Å²) in [4.78, 5) is 39.9. The molecule has 1 saturated carbocycles. The third-order valence-corrected chi connectivity index (χ3v) is 9.06. The lowest BCUT2D eigenvalue weighted by Crippen LogP contribution is -2.49. The molecular formula is C34H34F2N6O4. The van der Waals surface area contributed by atoms with Crippen molar-refractivity contribution in [2.75, 3.05) is 54.9 Å². The lowest BCUT2D eigenvalue weighted by Gasteiger charge is -2.40.